The molecule has 3 rings (SSSR count). The van der Waals surface area contributed by atoms with E-state index in [1.54, 1.807) is 56.9 Å². The largest absolute Gasteiger partial charge is 0.497 e. The van der Waals surface area contributed by atoms with Crippen molar-refractivity contribution >= 4 is 11.6 Å². The summed E-state index contributed by atoms with van der Waals surface area (Å²) in [5.74, 6) is 7.15. The maximum atomic E-state index is 12.7. The van der Waals surface area contributed by atoms with E-state index in [9.17, 15) is 4.79 Å². The van der Waals surface area contributed by atoms with Crippen molar-refractivity contribution in [3.63, 3.8) is 0 Å². The number of pyridine rings is 1. The number of rotatable bonds is 4. The Morgan fingerprint density at radius 2 is 1.75 bits per heavy atom. The number of carbonyl (C=O) groups is 1. The van der Waals surface area contributed by atoms with Crippen LogP contribution in [0.4, 0.5) is 5.69 Å². The second kappa shape index (κ2) is 8.74. The zero-order valence-electron chi connectivity index (χ0n) is 15.9. The molecule has 0 aliphatic heterocycles. The summed E-state index contributed by atoms with van der Waals surface area (Å²) in [6.45, 7) is 1.96. The zero-order valence-corrected chi connectivity index (χ0v) is 15.9. The molecule has 3 aromatic rings. The van der Waals surface area contributed by atoms with Gasteiger partial charge in [-0.1, -0.05) is 17.9 Å². The number of nitrogens with zero attached hydrogens (tertiary/aromatic N) is 1. The highest BCUT2D eigenvalue weighted by Crippen LogP contribution is 2.26. The standard InChI is InChI=1S/C23H20N2O3/c1-16-6-8-19(11-18(16)9-7-17-5-4-10-24-15-17)23(26)25-20-12-21(27-2)14-22(13-20)28-3/h4-6,8,10-15H,1-3H3,(H,25,26). The van der Waals surface area contributed by atoms with E-state index < -0.39 is 0 Å². The minimum Gasteiger partial charge on any atom is -0.497 e. The minimum atomic E-state index is -0.236. The summed E-state index contributed by atoms with van der Waals surface area (Å²) in [6, 6.07) is 14.4. The molecule has 1 aromatic heterocycles. The normalized spacial score (nSPS) is 9.82. The van der Waals surface area contributed by atoms with Gasteiger partial charge in [-0.15, -0.1) is 0 Å². The lowest BCUT2D eigenvalue weighted by Crippen LogP contribution is -2.12. The molecule has 0 aliphatic carbocycles. The van der Waals surface area contributed by atoms with Crippen LogP contribution in [-0.4, -0.2) is 25.1 Å². The summed E-state index contributed by atoms with van der Waals surface area (Å²) in [5, 5.41) is 2.87. The lowest BCUT2D eigenvalue weighted by atomic mass is 10.0. The topological polar surface area (TPSA) is 60.5 Å². The van der Waals surface area contributed by atoms with E-state index in [0.717, 1.165) is 16.7 Å². The Kier molecular flexibility index (Phi) is 5.93. The molecule has 0 bridgehead atoms. The third kappa shape index (κ3) is 4.68. The molecule has 1 heterocycles. The fraction of sp³-hybridized carbons (Fsp3) is 0.130. The fourth-order valence-corrected chi connectivity index (χ4v) is 2.56. The highest BCUT2D eigenvalue weighted by Gasteiger charge is 2.10. The third-order valence-corrected chi connectivity index (χ3v) is 4.11. The molecule has 28 heavy (non-hydrogen) atoms. The van der Waals surface area contributed by atoms with Crippen molar-refractivity contribution in [1.29, 1.82) is 0 Å². The van der Waals surface area contributed by atoms with Gasteiger partial charge in [-0.05, 0) is 36.8 Å². The number of benzene rings is 2. The summed E-state index contributed by atoms with van der Waals surface area (Å²) in [7, 11) is 3.13. The summed E-state index contributed by atoms with van der Waals surface area (Å²) in [5.41, 5.74) is 3.71. The van der Waals surface area contributed by atoms with Crippen LogP contribution in [0.25, 0.3) is 0 Å². The van der Waals surface area contributed by atoms with Crippen molar-refractivity contribution in [2.24, 2.45) is 0 Å². The number of carbonyl (C=O) groups excluding carboxylic acids is 1. The van der Waals surface area contributed by atoms with E-state index in [1.807, 2.05) is 25.1 Å². The van der Waals surface area contributed by atoms with Crippen LogP contribution in [0.1, 0.15) is 27.0 Å². The van der Waals surface area contributed by atoms with Crippen molar-refractivity contribution < 1.29 is 14.3 Å². The van der Waals surface area contributed by atoms with E-state index in [1.165, 1.54) is 0 Å². The molecule has 5 heteroatoms. The van der Waals surface area contributed by atoms with Gasteiger partial charge in [0.25, 0.3) is 5.91 Å². The van der Waals surface area contributed by atoms with E-state index in [2.05, 4.69) is 22.1 Å². The quantitative estimate of drug-likeness (QED) is 0.702. The van der Waals surface area contributed by atoms with Crippen LogP contribution < -0.4 is 14.8 Å². The highest BCUT2D eigenvalue weighted by molar-refractivity contribution is 6.04. The van der Waals surface area contributed by atoms with Gasteiger partial charge in [0, 0.05) is 53.0 Å². The molecular weight excluding hydrogens is 352 g/mol. The highest BCUT2D eigenvalue weighted by atomic mass is 16.5. The molecular formula is C23H20N2O3. The van der Waals surface area contributed by atoms with Gasteiger partial charge in [-0.25, -0.2) is 0 Å². The Morgan fingerprint density at radius 1 is 1.00 bits per heavy atom. The number of nitrogens with one attached hydrogen (secondary N) is 1. The Bertz CT molecular complexity index is 1030. The number of ether oxygens (including phenoxy) is 2. The second-order valence-electron chi connectivity index (χ2n) is 6.08. The fourth-order valence-electron chi connectivity index (χ4n) is 2.56. The first-order chi connectivity index (χ1) is 13.6. The molecule has 140 valence electrons. The van der Waals surface area contributed by atoms with Crippen molar-refractivity contribution in [2.45, 2.75) is 6.92 Å². The molecule has 2 aromatic carbocycles. The van der Waals surface area contributed by atoms with Gasteiger partial charge in [0.1, 0.15) is 11.5 Å². The molecule has 0 spiro atoms. The smallest absolute Gasteiger partial charge is 0.255 e. The summed E-state index contributed by atoms with van der Waals surface area (Å²) >= 11 is 0. The third-order valence-electron chi connectivity index (χ3n) is 4.11. The monoisotopic (exact) mass is 372 g/mol. The number of aryl methyl sites for hydroxylation is 1. The summed E-state index contributed by atoms with van der Waals surface area (Å²) in [4.78, 5) is 16.8. The van der Waals surface area contributed by atoms with E-state index >= 15 is 0 Å². The molecule has 1 N–H and O–H groups in total. The molecule has 0 unspecified atom stereocenters. The number of methoxy groups -OCH3 is 2. The van der Waals surface area contributed by atoms with E-state index in [0.29, 0.717) is 22.7 Å². The molecule has 0 atom stereocenters. The van der Waals surface area contributed by atoms with Crippen molar-refractivity contribution in [3.8, 4) is 23.3 Å². The van der Waals surface area contributed by atoms with Gasteiger partial charge in [0.2, 0.25) is 0 Å². The molecule has 0 radical (unpaired) electrons. The Balaban J connectivity index is 1.84. The number of hydrogen-bond acceptors (Lipinski definition) is 4. The SMILES string of the molecule is COc1cc(NC(=O)c2ccc(C)c(C#Cc3cccnc3)c2)cc(OC)c1. The van der Waals surface area contributed by atoms with Crippen molar-refractivity contribution in [1.82, 2.24) is 4.98 Å². The first-order valence-electron chi connectivity index (χ1n) is 8.66. The van der Waals surface area contributed by atoms with Crippen LogP contribution in [0.3, 0.4) is 0 Å². The van der Waals surface area contributed by atoms with Crippen LogP contribution in [-0.2, 0) is 0 Å². The number of anilines is 1. The van der Waals surface area contributed by atoms with Gasteiger partial charge < -0.3 is 14.8 Å². The van der Waals surface area contributed by atoms with Gasteiger partial charge in [-0.2, -0.15) is 0 Å². The first-order valence-corrected chi connectivity index (χ1v) is 8.66. The molecule has 0 aliphatic rings. The molecule has 1 amide bonds. The molecule has 0 fully saturated rings. The molecule has 5 nitrogen and oxygen atoms in total. The van der Waals surface area contributed by atoms with E-state index in [4.69, 9.17) is 9.47 Å². The maximum Gasteiger partial charge on any atom is 0.255 e. The van der Waals surface area contributed by atoms with Crippen LogP contribution in [0.2, 0.25) is 0 Å². The number of amides is 1. The maximum absolute atomic E-state index is 12.7. The molecule has 0 saturated carbocycles. The average Bonchev–Trinajstić information content (AvgIpc) is 2.73. The van der Waals surface area contributed by atoms with Gasteiger partial charge in [0.05, 0.1) is 14.2 Å². The lowest BCUT2D eigenvalue weighted by molar-refractivity contribution is 0.102. The minimum absolute atomic E-state index is 0.236. The van der Waals surface area contributed by atoms with Crippen LogP contribution in [0.15, 0.2) is 60.9 Å². The summed E-state index contributed by atoms with van der Waals surface area (Å²) in [6.07, 6.45) is 3.41. The van der Waals surface area contributed by atoms with Crippen molar-refractivity contribution in [3.05, 3.63) is 83.2 Å². The van der Waals surface area contributed by atoms with Crippen LogP contribution in [0.5, 0.6) is 11.5 Å². The van der Waals surface area contributed by atoms with Gasteiger partial charge in [-0.3, -0.25) is 9.78 Å². The second-order valence-corrected chi connectivity index (χ2v) is 6.08. The van der Waals surface area contributed by atoms with Gasteiger partial charge in [0.15, 0.2) is 0 Å². The predicted molar refractivity (Wildman–Crippen MR) is 109 cm³/mol. The Hall–Kier alpha value is -3.78. The van der Waals surface area contributed by atoms with Crippen LogP contribution >= 0.6 is 0 Å². The van der Waals surface area contributed by atoms with Crippen molar-refractivity contribution in [2.75, 3.05) is 19.5 Å². The lowest BCUT2D eigenvalue weighted by Gasteiger charge is -2.10. The average molecular weight is 372 g/mol. The number of hydrogen-bond donors (Lipinski definition) is 1. The predicted octanol–water partition coefficient (Wildman–Crippen LogP) is 4.06. The first kappa shape index (κ1) is 19.0. The zero-order chi connectivity index (χ0) is 19.9. The summed E-state index contributed by atoms with van der Waals surface area (Å²) < 4.78 is 10.5. The molecule has 0 saturated heterocycles. The Labute approximate surface area is 164 Å². The number of aromatic nitrogens is 1. The Morgan fingerprint density at radius 3 is 2.39 bits per heavy atom. The van der Waals surface area contributed by atoms with Crippen LogP contribution in [0, 0.1) is 18.8 Å². The van der Waals surface area contributed by atoms with Gasteiger partial charge >= 0.3 is 0 Å². The van der Waals surface area contributed by atoms with E-state index in [-0.39, 0.29) is 5.91 Å².